The van der Waals surface area contributed by atoms with E-state index in [1.807, 2.05) is 42.5 Å². The number of primary amides is 1. The predicted octanol–water partition coefficient (Wildman–Crippen LogP) is 1.88. The zero-order valence-corrected chi connectivity index (χ0v) is 16.5. The van der Waals surface area contributed by atoms with Gasteiger partial charge in [-0.2, -0.15) is 0 Å². The number of fused-ring (bicyclic) bond motifs is 1. The number of ketones is 1. The number of nitrogens with zero attached hydrogens (tertiary/aromatic N) is 3. The Labute approximate surface area is 175 Å². The molecule has 0 aliphatic carbocycles. The van der Waals surface area contributed by atoms with Crippen LogP contribution >= 0.6 is 11.3 Å². The van der Waals surface area contributed by atoms with E-state index in [-0.39, 0.29) is 12.1 Å². The zero-order chi connectivity index (χ0) is 21.1. The second kappa shape index (κ2) is 8.26. The van der Waals surface area contributed by atoms with E-state index < -0.39 is 23.6 Å². The first-order chi connectivity index (χ1) is 14.5. The van der Waals surface area contributed by atoms with E-state index in [0.29, 0.717) is 5.13 Å². The van der Waals surface area contributed by atoms with Gasteiger partial charge in [-0.25, -0.2) is 9.97 Å². The molecule has 2 heterocycles. The Morgan fingerprint density at radius 2 is 1.80 bits per heavy atom. The minimum atomic E-state index is -1.10. The van der Waals surface area contributed by atoms with Gasteiger partial charge in [-0.3, -0.25) is 19.0 Å². The molecule has 30 heavy (non-hydrogen) atoms. The molecule has 0 saturated heterocycles. The lowest BCUT2D eigenvalue weighted by Gasteiger charge is -2.16. The van der Waals surface area contributed by atoms with Gasteiger partial charge in [0.15, 0.2) is 5.13 Å². The van der Waals surface area contributed by atoms with Crippen LogP contribution < -0.4 is 11.1 Å². The summed E-state index contributed by atoms with van der Waals surface area (Å²) >= 11 is 1.41. The number of hydrogen-bond donors (Lipinski definition) is 2. The van der Waals surface area contributed by atoms with Gasteiger partial charge in [0, 0.05) is 6.42 Å². The summed E-state index contributed by atoms with van der Waals surface area (Å²) in [6.45, 7) is 0. The van der Waals surface area contributed by atoms with Crippen LogP contribution in [0.25, 0.3) is 15.3 Å². The van der Waals surface area contributed by atoms with E-state index in [4.69, 9.17) is 5.73 Å². The summed E-state index contributed by atoms with van der Waals surface area (Å²) in [4.78, 5) is 45.3. The summed E-state index contributed by atoms with van der Waals surface area (Å²) in [5, 5.41) is 3.19. The number of rotatable bonds is 7. The van der Waals surface area contributed by atoms with Crippen LogP contribution in [0.4, 0.5) is 0 Å². The number of para-hydroxylation sites is 1. The third kappa shape index (κ3) is 3.96. The fraction of sp³-hybridized carbons (Fsp3) is 0.0952. The third-order valence-electron chi connectivity index (χ3n) is 4.51. The molecule has 0 aliphatic heterocycles. The summed E-state index contributed by atoms with van der Waals surface area (Å²) in [7, 11) is 0. The Balaban J connectivity index is 1.61. The minimum absolute atomic E-state index is 0.142. The lowest BCUT2D eigenvalue weighted by molar-refractivity contribution is -0.137. The summed E-state index contributed by atoms with van der Waals surface area (Å²) in [5.41, 5.74) is 6.98. The van der Waals surface area contributed by atoms with Gasteiger partial charge in [0.25, 0.3) is 11.8 Å². The lowest BCUT2D eigenvalue weighted by Crippen LogP contribution is -2.47. The van der Waals surface area contributed by atoms with E-state index >= 15 is 0 Å². The molecule has 9 heteroatoms. The monoisotopic (exact) mass is 419 g/mol. The molecular weight excluding hydrogens is 402 g/mol. The number of carbonyl (C=O) groups excluding carboxylic acids is 3. The molecular formula is C21H17N5O3S. The van der Waals surface area contributed by atoms with Crippen molar-refractivity contribution >= 4 is 39.2 Å². The zero-order valence-electron chi connectivity index (χ0n) is 15.7. The van der Waals surface area contributed by atoms with Crippen molar-refractivity contribution < 1.29 is 14.4 Å². The number of aromatic nitrogens is 3. The number of hydrogen-bond acceptors (Lipinski definition) is 6. The van der Waals surface area contributed by atoms with Crippen LogP contribution in [0.5, 0.6) is 0 Å². The average molecular weight is 419 g/mol. The number of benzene rings is 2. The van der Waals surface area contributed by atoms with Crippen LogP contribution in [0.1, 0.15) is 16.1 Å². The Bertz CT molecular complexity index is 1200. The van der Waals surface area contributed by atoms with Gasteiger partial charge in [0.1, 0.15) is 18.1 Å². The topological polar surface area (TPSA) is 120 Å². The number of imidazole rings is 1. The van der Waals surface area contributed by atoms with Crippen LogP contribution in [0.2, 0.25) is 0 Å². The minimum Gasteiger partial charge on any atom is -0.363 e. The number of thiazole rings is 1. The van der Waals surface area contributed by atoms with E-state index in [1.165, 1.54) is 23.9 Å². The Morgan fingerprint density at radius 3 is 2.53 bits per heavy atom. The molecule has 2 aromatic heterocycles. The molecule has 150 valence electrons. The maximum Gasteiger partial charge on any atom is 0.287 e. The maximum atomic E-state index is 12.9. The molecule has 3 N–H and O–H groups in total. The van der Waals surface area contributed by atoms with Crippen LogP contribution in [-0.4, -0.2) is 38.2 Å². The highest BCUT2D eigenvalue weighted by molar-refractivity contribution is 7.20. The number of Topliss-reactive ketones (excluding diaryl/α,β-unsaturated/α-hetero) is 1. The van der Waals surface area contributed by atoms with Crippen molar-refractivity contribution in [1.29, 1.82) is 0 Å². The van der Waals surface area contributed by atoms with Crippen molar-refractivity contribution in [2.75, 3.05) is 0 Å². The van der Waals surface area contributed by atoms with Gasteiger partial charge in [-0.15, -0.1) is 0 Å². The molecule has 0 radical (unpaired) electrons. The van der Waals surface area contributed by atoms with Crippen molar-refractivity contribution in [3.05, 3.63) is 78.4 Å². The summed E-state index contributed by atoms with van der Waals surface area (Å²) < 4.78 is 2.52. The molecule has 0 saturated carbocycles. The molecule has 1 atom stereocenters. The molecule has 0 fully saturated rings. The first-order valence-electron chi connectivity index (χ1n) is 9.09. The quantitative estimate of drug-likeness (QED) is 0.443. The van der Waals surface area contributed by atoms with Crippen molar-refractivity contribution in [3.63, 3.8) is 0 Å². The van der Waals surface area contributed by atoms with Gasteiger partial charge in [-0.05, 0) is 17.7 Å². The van der Waals surface area contributed by atoms with Crippen molar-refractivity contribution in [2.24, 2.45) is 5.73 Å². The number of amides is 2. The molecule has 1 unspecified atom stereocenters. The van der Waals surface area contributed by atoms with Crippen molar-refractivity contribution in [2.45, 2.75) is 12.5 Å². The molecule has 4 rings (SSSR count). The van der Waals surface area contributed by atoms with Gasteiger partial charge in [-0.1, -0.05) is 53.8 Å². The second-order valence-corrected chi connectivity index (χ2v) is 7.57. The van der Waals surface area contributed by atoms with Gasteiger partial charge >= 0.3 is 0 Å². The van der Waals surface area contributed by atoms with E-state index in [0.717, 1.165) is 15.8 Å². The van der Waals surface area contributed by atoms with Gasteiger partial charge in [0.2, 0.25) is 5.78 Å². The Hall–Kier alpha value is -3.85. The van der Waals surface area contributed by atoms with E-state index in [1.54, 1.807) is 16.7 Å². The van der Waals surface area contributed by atoms with Gasteiger partial charge in [0.05, 0.1) is 16.4 Å². The average Bonchev–Trinajstić information content (AvgIpc) is 3.40. The van der Waals surface area contributed by atoms with Crippen LogP contribution in [-0.2, 0) is 16.0 Å². The highest BCUT2D eigenvalue weighted by Crippen LogP contribution is 2.25. The second-order valence-electron chi connectivity index (χ2n) is 6.56. The molecule has 0 bridgehead atoms. The summed E-state index contributed by atoms with van der Waals surface area (Å²) in [6.07, 6.45) is 3.01. The number of carbonyl (C=O) groups is 3. The van der Waals surface area contributed by atoms with E-state index in [2.05, 4.69) is 15.3 Å². The highest BCUT2D eigenvalue weighted by Gasteiger charge is 2.27. The van der Waals surface area contributed by atoms with Crippen molar-refractivity contribution in [1.82, 2.24) is 19.9 Å². The standard InChI is InChI=1S/C21H17N5O3S/c22-19(28)18(27)15(10-13-6-2-1-3-7-13)24-20(29)16-11-23-12-26(16)21-25-14-8-4-5-9-17(14)30-21/h1-9,11-12,15H,10H2,(H2,22,28)(H,24,29). The fourth-order valence-electron chi connectivity index (χ4n) is 3.04. The Morgan fingerprint density at radius 1 is 1.07 bits per heavy atom. The smallest absolute Gasteiger partial charge is 0.287 e. The maximum absolute atomic E-state index is 12.9. The molecule has 2 amide bonds. The summed E-state index contributed by atoms with van der Waals surface area (Å²) in [6, 6.07) is 15.6. The molecule has 2 aromatic carbocycles. The summed E-state index contributed by atoms with van der Waals surface area (Å²) in [5.74, 6) is -2.52. The highest BCUT2D eigenvalue weighted by atomic mass is 32.1. The first kappa shape index (κ1) is 19.5. The number of nitrogens with two attached hydrogens (primary N) is 1. The van der Waals surface area contributed by atoms with Crippen molar-refractivity contribution in [3.8, 4) is 5.13 Å². The van der Waals surface area contributed by atoms with Crippen LogP contribution in [0.3, 0.4) is 0 Å². The van der Waals surface area contributed by atoms with Crippen LogP contribution in [0.15, 0.2) is 67.1 Å². The molecule has 0 spiro atoms. The molecule has 0 aliphatic rings. The number of nitrogens with one attached hydrogen (secondary N) is 1. The SMILES string of the molecule is NC(=O)C(=O)C(Cc1ccccc1)NC(=O)c1cncn1-c1nc2ccccc2s1. The largest absolute Gasteiger partial charge is 0.363 e. The molecule has 8 nitrogen and oxygen atoms in total. The van der Waals surface area contributed by atoms with E-state index in [9.17, 15) is 14.4 Å². The third-order valence-corrected chi connectivity index (χ3v) is 5.54. The normalized spacial score (nSPS) is 11.9. The Kier molecular flexibility index (Phi) is 5.36. The predicted molar refractivity (Wildman–Crippen MR) is 112 cm³/mol. The lowest BCUT2D eigenvalue weighted by atomic mass is 10.0. The van der Waals surface area contributed by atoms with Gasteiger partial charge < -0.3 is 11.1 Å². The first-order valence-corrected chi connectivity index (χ1v) is 9.91. The molecule has 4 aromatic rings. The van der Waals surface area contributed by atoms with Crippen LogP contribution in [0, 0.1) is 0 Å². The fourth-order valence-corrected chi connectivity index (χ4v) is 3.99.